The summed E-state index contributed by atoms with van der Waals surface area (Å²) in [7, 11) is 1.90. The van der Waals surface area contributed by atoms with E-state index < -0.39 is 11.7 Å². The predicted molar refractivity (Wildman–Crippen MR) is 121 cm³/mol. The number of aromatic nitrogens is 1. The summed E-state index contributed by atoms with van der Waals surface area (Å²) in [5, 5.41) is 18.5. The van der Waals surface area contributed by atoms with Crippen molar-refractivity contribution in [2.45, 2.75) is 13.0 Å². The first-order valence-electron chi connectivity index (χ1n) is 10.9. The lowest BCUT2D eigenvalue weighted by atomic mass is 10.0. The molecule has 33 heavy (non-hydrogen) atoms. The van der Waals surface area contributed by atoms with Crippen LogP contribution in [0.3, 0.4) is 0 Å². The van der Waals surface area contributed by atoms with Crippen molar-refractivity contribution < 1.29 is 24.3 Å². The number of hydrogen-bond acceptors (Lipinski definition) is 5. The Balaban J connectivity index is 1.66. The highest BCUT2D eigenvalue weighted by Crippen LogP contribution is 2.32. The average Bonchev–Trinajstić information content (AvgIpc) is 3.12. The van der Waals surface area contributed by atoms with Crippen LogP contribution in [0.15, 0.2) is 42.5 Å². The van der Waals surface area contributed by atoms with Gasteiger partial charge in [-0.1, -0.05) is 12.1 Å². The van der Waals surface area contributed by atoms with Crippen LogP contribution in [0, 0.1) is 5.82 Å². The van der Waals surface area contributed by atoms with E-state index in [0.717, 1.165) is 16.8 Å². The van der Waals surface area contributed by atoms with E-state index in [0.29, 0.717) is 55.7 Å². The first-order valence-corrected chi connectivity index (χ1v) is 10.9. The molecule has 174 valence electrons. The molecule has 0 aliphatic carbocycles. The molecule has 0 fully saturated rings. The van der Waals surface area contributed by atoms with Gasteiger partial charge >= 0.3 is 0 Å². The molecule has 4 rings (SSSR count). The molecule has 9 heteroatoms. The summed E-state index contributed by atoms with van der Waals surface area (Å²) >= 11 is 0. The van der Waals surface area contributed by atoms with Crippen LogP contribution in [0.2, 0.25) is 0 Å². The summed E-state index contributed by atoms with van der Waals surface area (Å²) in [6.07, 6.45) is 0.645. The van der Waals surface area contributed by atoms with Crippen LogP contribution < -0.4 is 5.48 Å². The molecule has 1 aliphatic heterocycles. The summed E-state index contributed by atoms with van der Waals surface area (Å²) in [6, 6.07) is 11.3. The van der Waals surface area contributed by atoms with E-state index in [4.69, 9.17) is 10.3 Å². The summed E-state index contributed by atoms with van der Waals surface area (Å²) in [6.45, 7) is 2.80. The minimum absolute atomic E-state index is 0.0625. The molecule has 0 saturated heterocycles. The van der Waals surface area contributed by atoms with Gasteiger partial charge in [0.2, 0.25) is 0 Å². The third kappa shape index (κ3) is 4.61. The lowest BCUT2D eigenvalue weighted by molar-refractivity contribution is 0.0704. The predicted octanol–water partition coefficient (Wildman–Crippen LogP) is 1.87. The number of likely N-dealkylation sites (N-methyl/N-ethyl adjacent to an activating group) is 1. The number of amides is 2. The van der Waals surface area contributed by atoms with Crippen molar-refractivity contribution in [1.82, 2.24) is 19.8 Å². The number of halogens is 1. The van der Waals surface area contributed by atoms with E-state index in [2.05, 4.69) is 0 Å². The number of nitrogens with zero attached hydrogens (tertiary/aromatic N) is 3. The lowest BCUT2D eigenvalue weighted by Crippen LogP contribution is -2.42. The van der Waals surface area contributed by atoms with Gasteiger partial charge in [-0.25, -0.2) is 9.87 Å². The molecule has 0 saturated carbocycles. The SMILES string of the molecule is CN(CCO)CCN1CCc2c(c3cc(F)ccc3n2Cc2ccc(C(=O)NO)cc2)C1=O. The Labute approximate surface area is 190 Å². The Bertz CT molecular complexity index is 1180. The number of carbonyl (C=O) groups is 2. The smallest absolute Gasteiger partial charge is 0.274 e. The fraction of sp³-hybridized carbons (Fsp3) is 0.333. The number of nitrogens with one attached hydrogen (secondary N) is 1. The maximum Gasteiger partial charge on any atom is 0.274 e. The Kier molecular flexibility index (Phi) is 6.73. The van der Waals surface area contributed by atoms with Crippen molar-refractivity contribution in [3.63, 3.8) is 0 Å². The number of aliphatic hydroxyl groups excluding tert-OH is 1. The Morgan fingerprint density at radius 3 is 2.64 bits per heavy atom. The lowest BCUT2D eigenvalue weighted by Gasteiger charge is -2.29. The zero-order valence-corrected chi connectivity index (χ0v) is 18.4. The van der Waals surface area contributed by atoms with Gasteiger partial charge in [0.25, 0.3) is 11.8 Å². The molecule has 8 nitrogen and oxygen atoms in total. The van der Waals surface area contributed by atoms with Gasteiger partial charge < -0.3 is 19.5 Å². The molecule has 2 heterocycles. The largest absolute Gasteiger partial charge is 0.395 e. The summed E-state index contributed by atoms with van der Waals surface area (Å²) < 4.78 is 16.2. The zero-order chi connectivity index (χ0) is 23.5. The van der Waals surface area contributed by atoms with E-state index in [1.807, 2.05) is 16.5 Å². The zero-order valence-electron chi connectivity index (χ0n) is 18.4. The molecule has 0 radical (unpaired) electrons. The normalized spacial score (nSPS) is 13.6. The topological polar surface area (TPSA) is 98.0 Å². The van der Waals surface area contributed by atoms with Crippen molar-refractivity contribution in [1.29, 1.82) is 0 Å². The second-order valence-corrected chi connectivity index (χ2v) is 8.28. The number of carbonyl (C=O) groups excluding carboxylic acids is 2. The third-order valence-electron chi connectivity index (χ3n) is 6.14. The fourth-order valence-electron chi connectivity index (χ4n) is 4.36. The molecule has 0 unspecified atom stereocenters. The van der Waals surface area contributed by atoms with Crippen molar-refractivity contribution >= 4 is 22.7 Å². The molecule has 0 spiro atoms. The summed E-state index contributed by atoms with van der Waals surface area (Å²) in [4.78, 5) is 28.7. The highest BCUT2D eigenvalue weighted by Gasteiger charge is 2.31. The number of fused-ring (bicyclic) bond motifs is 3. The molecule has 3 aromatic rings. The second-order valence-electron chi connectivity index (χ2n) is 8.28. The molecular weight excluding hydrogens is 427 g/mol. The van der Waals surface area contributed by atoms with Gasteiger partial charge in [-0.05, 0) is 42.9 Å². The molecule has 2 amide bonds. The van der Waals surface area contributed by atoms with Gasteiger partial charge in [-0.15, -0.1) is 0 Å². The molecule has 3 N–H and O–H groups in total. The van der Waals surface area contributed by atoms with Crippen LogP contribution in [-0.4, -0.2) is 76.3 Å². The van der Waals surface area contributed by atoms with Crippen molar-refractivity contribution in [3.05, 3.63) is 70.7 Å². The highest BCUT2D eigenvalue weighted by atomic mass is 19.1. The number of hydroxylamine groups is 1. The standard InChI is InChI=1S/C24H27FN4O4/c1-27(12-13-30)10-11-28-9-8-21-22(24(28)32)19-14-18(25)6-7-20(19)29(21)15-16-2-4-17(5-3-16)23(31)26-33/h2-7,14,30,33H,8-13,15H2,1H3,(H,26,31). The monoisotopic (exact) mass is 454 g/mol. The Hall–Kier alpha value is -3.27. The van der Waals surface area contributed by atoms with Crippen LogP contribution in [0.1, 0.15) is 32.0 Å². The van der Waals surface area contributed by atoms with E-state index >= 15 is 0 Å². The van der Waals surface area contributed by atoms with Crippen molar-refractivity contribution in [2.24, 2.45) is 0 Å². The highest BCUT2D eigenvalue weighted by molar-refractivity contribution is 6.09. The summed E-state index contributed by atoms with van der Waals surface area (Å²) in [5.74, 6) is -1.09. The number of hydrogen-bond donors (Lipinski definition) is 3. The van der Waals surface area contributed by atoms with E-state index in [1.54, 1.807) is 40.7 Å². The second kappa shape index (κ2) is 9.70. The van der Waals surface area contributed by atoms with Crippen LogP contribution in [0.5, 0.6) is 0 Å². The minimum atomic E-state index is -0.587. The van der Waals surface area contributed by atoms with Gasteiger partial charge in [0.05, 0.1) is 12.2 Å². The quantitative estimate of drug-likeness (QED) is 0.357. The van der Waals surface area contributed by atoms with E-state index in [-0.39, 0.29) is 12.5 Å². The van der Waals surface area contributed by atoms with E-state index in [9.17, 15) is 14.0 Å². The first-order chi connectivity index (χ1) is 15.9. The maximum absolute atomic E-state index is 14.1. The molecular formula is C24H27FN4O4. The third-order valence-corrected chi connectivity index (χ3v) is 6.14. The molecule has 2 aromatic carbocycles. The van der Waals surface area contributed by atoms with Crippen LogP contribution in [0.4, 0.5) is 4.39 Å². The average molecular weight is 455 g/mol. The minimum Gasteiger partial charge on any atom is -0.395 e. The number of benzene rings is 2. The fourth-order valence-corrected chi connectivity index (χ4v) is 4.36. The Morgan fingerprint density at radius 1 is 1.18 bits per heavy atom. The van der Waals surface area contributed by atoms with Gasteiger partial charge in [0.1, 0.15) is 5.82 Å². The van der Waals surface area contributed by atoms with Crippen molar-refractivity contribution in [3.8, 4) is 0 Å². The van der Waals surface area contributed by atoms with Crippen LogP contribution in [0.25, 0.3) is 10.9 Å². The number of rotatable bonds is 8. The van der Waals surface area contributed by atoms with E-state index in [1.165, 1.54) is 12.1 Å². The first kappa shape index (κ1) is 22.9. The van der Waals surface area contributed by atoms with Crippen molar-refractivity contribution in [2.75, 3.05) is 39.8 Å². The number of aliphatic hydroxyl groups is 1. The van der Waals surface area contributed by atoms with Crippen LogP contribution in [-0.2, 0) is 13.0 Å². The van der Waals surface area contributed by atoms with Gasteiger partial charge in [-0.3, -0.25) is 14.8 Å². The maximum atomic E-state index is 14.1. The van der Waals surface area contributed by atoms with Gasteiger partial charge in [0.15, 0.2) is 0 Å². The van der Waals surface area contributed by atoms with Gasteiger partial charge in [-0.2, -0.15) is 0 Å². The van der Waals surface area contributed by atoms with Crippen LogP contribution >= 0.6 is 0 Å². The molecule has 0 atom stereocenters. The molecule has 1 aromatic heterocycles. The molecule has 0 bridgehead atoms. The molecule has 1 aliphatic rings. The Morgan fingerprint density at radius 2 is 1.94 bits per heavy atom. The summed E-state index contributed by atoms with van der Waals surface area (Å²) in [5.41, 5.74) is 5.05. The van der Waals surface area contributed by atoms with Gasteiger partial charge in [0, 0.05) is 61.3 Å².